The number of carbonyl (C=O) groups is 1. The van der Waals surface area contributed by atoms with Crippen molar-refractivity contribution in [1.82, 2.24) is 4.98 Å². The van der Waals surface area contributed by atoms with E-state index in [-0.39, 0.29) is 12.1 Å². The molecule has 0 bridgehead atoms. The van der Waals surface area contributed by atoms with Crippen LogP contribution in [0.5, 0.6) is 0 Å². The van der Waals surface area contributed by atoms with Crippen molar-refractivity contribution in [3.63, 3.8) is 0 Å². The van der Waals surface area contributed by atoms with Crippen LogP contribution in [0.2, 0.25) is 0 Å². The minimum absolute atomic E-state index is 0.0308. The number of nitrogens with zero attached hydrogens (tertiary/aromatic N) is 2. The van der Waals surface area contributed by atoms with Gasteiger partial charge in [-0.2, -0.15) is 18.2 Å². The average Bonchev–Trinajstić information content (AvgIpc) is 2.83. The molecule has 21 heavy (non-hydrogen) atoms. The van der Waals surface area contributed by atoms with Gasteiger partial charge in [-0.1, -0.05) is 0 Å². The van der Waals surface area contributed by atoms with Gasteiger partial charge >= 0.3 is 12.1 Å². The summed E-state index contributed by atoms with van der Waals surface area (Å²) in [5, 5.41) is 8.74. The molecular formula is C12H17F3N2O4. The van der Waals surface area contributed by atoms with Crippen LogP contribution in [0.15, 0.2) is 4.42 Å². The number of aromatic nitrogens is 1. The Kier molecular flexibility index (Phi) is 5.59. The van der Waals surface area contributed by atoms with Crippen molar-refractivity contribution in [3.05, 3.63) is 11.5 Å². The molecule has 0 aliphatic carbocycles. The Morgan fingerprint density at radius 2 is 2.14 bits per heavy atom. The minimum atomic E-state index is -4.87. The Balaban J connectivity index is 2.81. The van der Waals surface area contributed by atoms with Crippen LogP contribution in [0.1, 0.15) is 36.0 Å². The van der Waals surface area contributed by atoms with Gasteiger partial charge in [0.05, 0.1) is 6.10 Å². The lowest BCUT2D eigenvalue weighted by Crippen LogP contribution is -2.20. The number of methoxy groups -OCH3 is 1. The van der Waals surface area contributed by atoms with Crippen molar-refractivity contribution in [2.75, 3.05) is 25.6 Å². The Morgan fingerprint density at radius 3 is 2.57 bits per heavy atom. The highest BCUT2D eigenvalue weighted by molar-refractivity contribution is 5.86. The monoisotopic (exact) mass is 310 g/mol. The highest BCUT2D eigenvalue weighted by Crippen LogP contribution is 2.33. The SMILES string of the molecule is COC(C)CCCN(C)c1nc(C(F)(F)F)c(C(=O)O)o1. The van der Waals surface area contributed by atoms with E-state index < -0.39 is 23.6 Å². The maximum Gasteiger partial charge on any atom is 0.437 e. The van der Waals surface area contributed by atoms with Gasteiger partial charge in [-0.05, 0) is 19.8 Å². The standard InChI is InChI=1S/C12H17F3N2O4/c1-7(20-3)5-4-6-17(2)11-16-9(12(13,14)15)8(21-11)10(18)19/h7H,4-6H2,1-3H3,(H,18,19). The Labute approximate surface area is 119 Å². The van der Waals surface area contributed by atoms with Crippen LogP contribution in [0.25, 0.3) is 0 Å². The van der Waals surface area contributed by atoms with Crippen molar-refractivity contribution in [1.29, 1.82) is 0 Å². The normalized spacial score (nSPS) is 13.2. The van der Waals surface area contributed by atoms with Gasteiger partial charge < -0.3 is 19.2 Å². The molecule has 1 aromatic heterocycles. The first kappa shape index (κ1) is 17.3. The number of rotatable bonds is 7. The van der Waals surface area contributed by atoms with Gasteiger partial charge in [-0.15, -0.1) is 0 Å². The molecule has 0 radical (unpaired) electrons. The summed E-state index contributed by atoms with van der Waals surface area (Å²) in [6, 6.07) is -0.371. The van der Waals surface area contributed by atoms with E-state index in [0.717, 1.165) is 0 Å². The molecule has 0 aliphatic rings. The van der Waals surface area contributed by atoms with Crippen molar-refractivity contribution < 1.29 is 32.2 Å². The second-order valence-electron chi connectivity index (χ2n) is 4.59. The van der Waals surface area contributed by atoms with Crippen LogP contribution >= 0.6 is 0 Å². The van der Waals surface area contributed by atoms with Gasteiger partial charge in [0.2, 0.25) is 5.76 Å². The maximum absolute atomic E-state index is 12.7. The lowest BCUT2D eigenvalue weighted by molar-refractivity contribution is -0.141. The van der Waals surface area contributed by atoms with E-state index in [2.05, 4.69) is 4.98 Å². The lowest BCUT2D eigenvalue weighted by Gasteiger charge is -2.15. The summed E-state index contributed by atoms with van der Waals surface area (Å²) >= 11 is 0. The van der Waals surface area contributed by atoms with Crippen LogP contribution in [0.4, 0.5) is 19.2 Å². The largest absolute Gasteiger partial charge is 0.475 e. The predicted octanol–water partition coefficient (Wildman–Crippen LogP) is 2.64. The summed E-state index contributed by atoms with van der Waals surface area (Å²) in [6.07, 6.45) is -3.50. The van der Waals surface area contributed by atoms with Gasteiger partial charge in [0.15, 0.2) is 5.69 Å². The van der Waals surface area contributed by atoms with Crippen LogP contribution in [-0.2, 0) is 10.9 Å². The highest BCUT2D eigenvalue weighted by atomic mass is 19.4. The van der Waals surface area contributed by atoms with E-state index >= 15 is 0 Å². The highest BCUT2D eigenvalue weighted by Gasteiger charge is 2.41. The summed E-state index contributed by atoms with van der Waals surface area (Å²) in [6.45, 7) is 2.24. The van der Waals surface area contributed by atoms with Gasteiger partial charge in [-0.25, -0.2) is 4.79 Å². The number of carboxylic acid groups (broad SMARTS) is 1. The van der Waals surface area contributed by atoms with Gasteiger partial charge in [0.25, 0.3) is 6.01 Å². The topological polar surface area (TPSA) is 75.8 Å². The van der Waals surface area contributed by atoms with E-state index in [9.17, 15) is 18.0 Å². The number of alkyl halides is 3. The molecule has 0 spiro atoms. The molecule has 9 heteroatoms. The molecule has 1 unspecified atom stereocenters. The molecule has 1 atom stereocenters. The first-order chi connectivity index (χ1) is 9.66. The van der Waals surface area contributed by atoms with Crippen molar-refractivity contribution in [2.45, 2.75) is 32.0 Å². The van der Waals surface area contributed by atoms with E-state index in [1.165, 1.54) is 11.9 Å². The quantitative estimate of drug-likeness (QED) is 0.834. The fourth-order valence-electron chi connectivity index (χ4n) is 1.64. The zero-order valence-electron chi connectivity index (χ0n) is 11.9. The molecule has 6 nitrogen and oxygen atoms in total. The number of ether oxygens (including phenoxy) is 1. The Hall–Kier alpha value is -1.77. The van der Waals surface area contributed by atoms with E-state index in [0.29, 0.717) is 19.4 Å². The molecule has 0 saturated carbocycles. The molecular weight excluding hydrogens is 293 g/mol. The summed E-state index contributed by atoms with van der Waals surface area (Å²) in [4.78, 5) is 15.4. The molecule has 120 valence electrons. The zero-order valence-corrected chi connectivity index (χ0v) is 11.9. The third-order valence-electron chi connectivity index (χ3n) is 2.91. The Morgan fingerprint density at radius 1 is 1.52 bits per heavy atom. The second-order valence-corrected chi connectivity index (χ2v) is 4.59. The predicted molar refractivity (Wildman–Crippen MR) is 67.4 cm³/mol. The molecule has 0 fully saturated rings. The van der Waals surface area contributed by atoms with Crippen molar-refractivity contribution in [2.24, 2.45) is 0 Å². The number of anilines is 1. The molecule has 1 aromatic rings. The summed E-state index contributed by atoms with van der Waals surface area (Å²) in [5.74, 6) is -3.00. The molecule has 1 heterocycles. The van der Waals surface area contributed by atoms with E-state index in [1.54, 1.807) is 7.11 Å². The minimum Gasteiger partial charge on any atom is -0.475 e. The zero-order chi connectivity index (χ0) is 16.2. The molecule has 0 aromatic carbocycles. The number of halogens is 3. The molecule has 1 rings (SSSR count). The van der Waals surface area contributed by atoms with Crippen LogP contribution in [-0.4, -0.2) is 42.9 Å². The van der Waals surface area contributed by atoms with E-state index in [4.69, 9.17) is 14.3 Å². The van der Waals surface area contributed by atoms with Crippen LogP contribution in [0, 0.1) is 0 Å². The summed E-state index contributed by atoms with van der Waals surface area (Å²) < 4.78 is 47.8. The maximum atomic E-state index is 12.7. The van der Waals surface area contributed by atoms with Gasteiger partial charge in [0, 0.05) is 20.7 Å². The third-order valence-corrected chi connectivity index (χ3v) is 2.91. The number of aromatic carboxylic acids is 1. The van der Waals surface area contributed by atoms with Gasteiger partial charge in [-0.3, -0.25) is 0 Å². The molecule has 0 aliphatic heterocycles. The first-order valence-electron chi connectivity index (χ1n) is 6.22. The van der Waals surface area contributed by atoms with E-state index in [1.807, 2.05) is 6.92 Å². The van der Waals surface area contributed by atoms with Crippen molar-refractivity contribution in [3.8, 4) is 0 Å². The number of hydrogen-bond donors (Lipinski definition) is 1. The molecule has 0 amide bonds. The fraction of sp³-hybridized carbons (Fsp3) is 0.667. The second kappa shape index (κ2) is 6.79. The average molecular weight is 310 g/mol. The fourth-order valence-corrected chi connectivity index (χ4v) is 1.64. The number of oxazole rings is 1. The molecule has 1 N–H and O–H groups in total. The number of hydrogen-bond acceptors (Lipinski definition) is 5. The molecule has 0 saturated heterocycles. The number of carboxylic acids is 1. The Bertz CT molecular complexity index is 487. The summed E-state index contributed by atoms with van der Waals surface area (Å²) in [7, 11) is 3.05. The van der Waals surface area contributed by atoms with Crippen LogP contribution < -0.4 is 4.90 Å². The third kappa shape index (κ3) is 4.62. The van der Waals surface area contributed by atoms with Crippen LogP contribution in [0.3, 0.4) is 0 Å². The van der Waals surface area contributed by atoms with Crippen molar-refractivity contribution >= 4 is 12.0 Å². The summed E-state index contributed by atoms with van der Waals surface area (Å²) in [5.41, 5.74) is -1.53. The first-order valence-corrected chi connectivity index (χ1v) is 6.22. The lowest BCUT2D eigenvalue weighted by atomic mass is 10.2. The smallest absolute Gasteiger partial charge is 0.437 e. The van der Waals surface area contributed by atoms with Gasteiger partial charge in [0.1, 0.15) is 0 Å².